The van der Waals surface area contributed by atoms with E-state index >= 15 is 0 Å². The van der Waals surface area contributed by atoms with Gasteiger partial charge in [0.2, 0.25) is 31.9 Å². The zero-order chi connectivity index (χ0) is 27.7. The molecule has 4 N–H and O–H groups in total. The number of ether oxygens (including phenoxy) is 2. The van der Waals surface area contributed by atoms with E-state index in [1.165, 1.54) is 12.0 Å². The molecule has 38 heavy (non-hydrogen) atoms. The van der Waals surface area contributed by atoms with Crippen molar-refractivity contribution in [3.63, 3.8) is 0 Å². The van der Waals surface area contributed by atoms with Gasteiger partial charge in [-0.3, -0.25) is 0 Å². The van der Waals surface area contributed by atoms with Crippen molar-refractivity contribution in [3.05, 3.63) is 35.9 Å². The Bertz CT molecular complexity index is 1350. The number of sulfonamides is 2. The number of primary sulfonamides is 2. The van der Waals surface area contributed by atoms with E-state index in [1.54, 1.807) is 4.90 Å². The van der Waals surface area contributed by atoms with Gasteiger partial charge in [0, 0.05) is 33.3 Å². The molecule has 0 aromatic carbocycles. The van der Waals surface area contributed by atoms with E-state index in [2.05, 4.69) is 19.9 Å². The van der Waals surface area contributed by atoms with Gasteiger partial charge < -0.3 is 19.3 Å². The second-order valence-electron chi connectivity index (χ2n) is 9.16. The van der Waals surface area contributed by atoms with Gasteiger partial charge in [-0.15, -0.1) is 0 Å². The van der Waals surface area contributed by atoms with Crippen LogP contribution in [-0.2, 0) is 36.1 Å². The second-order valence-corrected chi connectivity index (χ2v) is 12.8. The molecule has 2 aromatic heterocycles. The Morgan fingerprint density at radius 1 is 0.868 bits per heavy atom. The van der Waals surface area contributed by atoms with Crippen molar-refractivity contribution < 1.29 is 35.1 Å². The Morgan fingerprint density at radius 2 is 1.39 bits per heavy atom. The molecule has 0 spiro atoms. The lowest BCUT2D eigenvalue weighted by atomic mass is 10.1. The van der Waals surface area contributed by atoms with Crippen molar-refractivity contribution in [1.82, 2.24) is 19.9 Å². The molecule has 4 rings (SSSR count). The van der Waals surface area contributed by atoms with Gasteiger partial charge in [0.25, 0.3) is 0 Å². The molecule has 0 bridgehead atoms. The number of halogens is 2. The Kier molecular flexibility index (Phi) is 8.38. The summed E-state index contributed by atoms with van der Waals surface area (Å²) in [6, 6.07) is 0. The van der Waals surface area contributed by atoms with E-state index in [1.807, 2.05) is 0 Å². The maximum Gasteiger partial charge on any atom is 0.225 e. The van der Waals surface area contributed by atoms with Gasteiger partial charge in [-0.25, -0.2) is 55.8 Å². The zero-order valence-electron chi connectivity index (χ0n) is 20.4. The summed E-state index contributed by atoms with van der Waals surface area (Å²) in [5, 5.41) is 8.76. The standard InChI is InChI=1S/C20H28F2N8O6S2/c1-35-13-2-15(37(23,31)32)10-30(7-13)20-27-6-17(22)18(28-20)11-36-14-3-16(38(24,33)34)9-29(8-14)19-25-4-12(21)5-26-19/h4-6,13-16H,2-3,7-11H2,1H3,(H2,23,31,32)(H2,24,33,34)/t13-,14-,15-,16-/m0/s1. The summed E-state index contributed by atoms with van der Waals surface area (Å²) >= 11 is 0. The van der Waals surface area contributed by atoms with Crippen LogP contribution in [0.15, 0.2) is 18.6 Å². The summed E-state index contributed by atoms with van der Waals surface area (Å²) in [4.78, 5) is 19.0. The number of piperidine rings is 2. The lowest BCUT2D eigenvalue weighted by molar-refractivity contribution is 0.0286. The van der Waals surface area contributed by atoms with Crippen LogP contribution in [0.25, 0.3) is 0 Å². The molecule has 0 unspecified atom stereocenters. The maximum absolute atomic E-state index is 14.6. The minimum absolute atomic E-state index is 0.00405. The van der Waals surface area contributed by atoms with Crippen LogP contribution in [0, 0.1) is 11.6 Å². The molecule has 0 radical (unpaired) electrons. The van der Waals surface area contributed by atoms with Gasteiger partial charge in [-0.2, -0.15) is 0 Å². The lowest BCUT2D eigenvalue weighted by Crippen LogP contribution is -2.51. The fraction of sp³-hybridized carbons (Fsp3) is 0.600. The highest BCUT2D eigenvalue weighted by Gasteiger charge is 2.37. The average Bonchev–Trinajstić information content (AvgIpc) is 2.87. The van der Waals surface area contributed by atoms with Crippen LogP contribution in [0.1, 0.15) is 18.5 Å². The number of methoxy groups -OCH3 is 1. The van der Waals surface area contributed by atoms with Gasteiger partial charge in [-0.1, -0.05) is 0 Å². The summed E-state index contributed by atoms with van der Waals surface area (Å²) in [7, 11) is -6.40. The molecule has 2 aromatic rings. The van der Waals surface area contributed by atoms with E-state index in [4.69, 9.17) is 19.8 Å². The molecule has 2 aliphatic rings. The molecule has 4 atom stereocenters. The second kappa shape index (κ2) is 11.2. The van der Waals surface area contributed by atoms with E-state index in [0.29, 0.717) is 0 Å². The van der Waals surface area contributed by atoms with Crippen molar-refractivity contribution in [2.75, 3.05) is 43.1 Å². The molecule has 4 heterocycles. The molecule has 18 heteroatoms. The first kappa shape index (κ1) is 28.4. The number of hydrogen-bond donors (Lipinski definition) is 2. The molecule has 14 nitrogen and oxygen atoms in total. The van der Waals surface area contributed by atoms with Crippen molar-refractivity contribution in [2.24, 2.45) is 10.3 Å². The van der Waals surface area contributed by atoms with Crippen molar-refractivity contribution in [2.45, 2.75) is 42.2 Å². The van der Waals surface area contributed by atoms with Crippen molar-refractivity contribution in [3.8, 4) is 0 Å². The third-order valence-corrected chi connectivity index (χ3v) is 8.98. The van der Waals surface area contributed by atoms with Gasteiger partial charge in [0.05, 0.1) is 47.9 Å². The van der Waals surface area contributed by atoms with Crippen LogP contribution < -0.4 is 20.1 Å². The van der Waals surface area contributed by atoms with Crippen LogP contribution >= 0.6 is 0 Å². The predicted molar refractivity (Wildman–Crippen MR) is 131 cm³/mol. The van der Waals surface area contributed by atoms with Crippen molar-refractivity contribution in [1.29, 1.82) is 0 Å². The molecule has 2 fully saturated rings. The van der Waals surface area contributed by atoms with Crippen LogP contribution in [0.3, 0.4) is 0 Å². The Morgan fingerprint density at radius 3 is 1.97 bits per heavy atom. The topological polar surface area (TPSA) is 197 Å². The van der Waals surface area contributed by atoms with Crippen LogP contribution in [0.5, 0.6) is 0 Å². The Labute approximate surface area is 218 Å². The van der Waals surface area contributed by atoms with Crippen molar-refractivity contribution >= 4 is 31.9 Å². The molecule has 0 amide bonds. The summed E-state index contributed by atoms with van der Waals surface area (Å²) in [6.07, 6.45) is 1.86. The fourth-order valence-electron chi connectivity index (χ4n) is 4.42. The zero-order valence-corrected chi connectivity index (χ0v) is 22.0. The smallest absolute Gasteiger partial charge is 0.225 e. The van der Waals surface area contributed by atoms with Gasteiger partial charge in [0.15, 0.2) is 11.6 Å². The molecule has 2 saturated heterocycles. The largest absolute Gasteiger partial charge is 0.380 e. The predicted octanol–water partition coefficient (Wildman–Crippen LogP) is -1.12. The lowest BCUT2D eigenvalue weighted by Gasteiger charge is -2.37. The highest BCUT2D eigenvalue weighted by Crippen LogP contribution is 2.25. The summed E-state index contributed by atoms with van der Waals surface area (Å²) in [5.41, 5.74) is -0.121. The molecule has 0 aliphatic carbocycles. The molecule has 0 saturated carbocycles. The number of hydrogen-bond acceptors (Lipinski definition) is 12. The Balaban J connectivity index is 1.50. The van der Waals surface area contributed by atoms with Crippen LogP contribution in [-0.4, -0.2) is 92.8 Å². The van der Waals surface area contributed by atoms with Crippen LogP contribution in [0.4, 0.5) is 20.7 Å². The minimum Gasteiger partial charge on any atom is -0.380 e. The number of anilines is 2. The Hall–Kier alpha value is -2.64. The highest BCUT2D eigenvalue weighted by atomic mass is 32.2. The van der Waals surface area contributed by atoms with E-state index in [-0.39, 0.29) is 63.2 Å². The first-order valence-electron chi connectivity index (χ1n) is 11.5. The van der Waals surface area contributed by atoms with E-state index in [9.17, 15) is 25.6 Å². The van der Waals surface area contributed by atoms with Gasteiger partial charge >= 0.3 is 0 Å². The molecular weight excluding hydrogens is 550 g/mol. The van der Waals surface area contributed by atoms with E-state index in [0.717, 1.165) is 18.6 Å². The average molecular weight is 579 g/mol. The number of rotatable bonds is 8. The molecule has 210 valence electrons. The summed E-state index contributed by atoms with van der Waals surface area (Å²) in [5.74, 6) is -1.27. The minimum atomic E-state index is -3.97. The highest BCUT2D eigenvalue weighted by molar-refractivity contribution is 7.90. The normalized spacial score (nSPS) is 25.0. The number of aromatic nitrogens is 4. The molecule has 2 aliphatic heterocycles. The SMILES string of the molecule is CO[C@H]1C[C@H](S(N)(=O)=O)CN(c2ncc(F)c(CO[C@H]3C[C@H](S(N)(=O)=O)CN(c4ncc(F)cn4)C3)n2)C1. The monoisotopic (exact) mass is 578 g/mol. The maximum atomic E-state index is 14.6. The van der Waals surface area contributed by atoms with Crippen LogP contribution in [0.2, 0.25) is 0 Å². The number of nitrogens with zero attached hydrogens (tertiary/aromatic N) is 6. The number of nitrogens with two attached hydrogens (primary N) is 2. The first-order chi connectivity index (χ1) is 17.8. The third kappa shape index (κ3) is 6.86. The molecular formula is C20H28F2N8O6S2. The first-order valence-corrected chi connectivity index (χ1v) is 14.7. The summed E-state index contributed by atoms with van der Waals surface area (Å²) in [6.45, 7) is 0.0172. The van der Waals surface area contributed by atoms with Gasteiger partial charge in [0.1, 0.15) is 5.69 Å². The van der Waals surface area contributed by atoms with Gasteiger partial charge in [-0.05, 0) is 12.8 Å². The quantitative estimate of drug-likeness (QED) is 0.383. The third-order valence-electron chi connectivity index (χ3n) is 6.44. The summed E-state index contributed by atoms with van der Waals surface area (Å²) < 4.78 is 87.1. The van der Waals surface area contributed by atoms with E-state index < -0.39 is 54.4 Å². The fourth-order valence-corrected chi connectivity index (χ4v) is 6.16.